The second kappa shape index (κ2) is 6.01. The SMILES string of the molecule is COC(=O)c1cc(-c2ccc3c(c2)OCO3)nc2c1c(C)nn2C(C)C. The minimum absolute atomic E-state index is 0.108. The van der Waals surface area contributed by atoms with Crippen molar-refractivity contribution in [2.75, 3.05) is 13.9 Å². The van der Waals surface area contributed by atoms with Gasteiger partial charge in [-0.25, -0.2) is 14.5 Å². The first kappa shape index (κ1) is 16.4. The molecule has 0 unspecified atom stereocenters. The normalized spacial score (nSPS) is 12.8. The van der Waals surface area contributed by atoms with Crippen molar-refractivity contribution >= 4 is 17.0 Å². The maximum atomic E-state index is 12.4. The predicted octanol–water partition coefficient (Wildman–Crippen LogP) is 3.50. The number of aromatic nitrogens is 3. The van der Waals surface area contributed by atoms with Crippen LogP contribution >= 0.6 is 0 Å². The molecule has 0 aliphatic carbocycles. The number of fused-ring (bicyclic) bond motifs is 2. The van der Waals surface area contributed by atoms with E-state index in [0.717, 1.165) is 16.6 Å². The molecular weight excluding hydrogens is 334 g/mol. The van der Waals surface area contributed by atoms with Crippen molar-refractivity contribution < 1.29 is 19.0 Å². The zero-order valence-corrected chi connectivity index (χ0v) is 15.1. The highest BCUT2D eigenvalue weighted by Crippen LogP contribution is 2.36. The highest BCUT2D eigenvalue weighted by Gasteiger charge is 2.22. The van der Waals surface area contributed by atoms with Gasteiger partial charge in [0.2, 0.25) is 6.79 Å². The molecule has 0 fully saturated rings. The molecule has 0 spiro atoms. The Morgan fingerprint density at radius 1 is 1.23 bits per heavy atom. The maximum absolute atomic E-state index is 12.4. The fraction of sp³-hybridized carbons (Fsp3) is 0.316. The number of hydrogen-bond acceptors (Lipinski definition) is 6. The molecule has 134 valence electrons. The van der Waals surface area contributed by atoms with Crippen LogP contribution in [0.5, 0.6) is 11.5 Å². The van der Waals surface area contributed by atoms with Crippen LogP contribution in [0.4, 0.5) is 0 Å². The summed E-state index contributed by atoms with van der Waals surface area (Å²) in [6.07, 6.45) is 0. The molecule has 0 radical (unpaired) electrons. The first-order valence-electron chi connectivity index (χ1n) is 8.37. The van der Waals surface area contributed by atoms with Crippen molar-refractivity contribution in [2.24, 2.45) is 0 Å². The molecule has 2 aromatic heterocycles. The Bertz CT molecular complexity index is 1020. The fourth-order valence-corrected chi connectivity index (χ4v) is 3.15. The fourth-order valence-electron chi connectivity index (χ4n) is 3.15. The molecule has 1 aliphatic heterocycles. The van der Waals surface area contributed by atoms with Gasteiger partial charge in [0, 0.05) is 11.6 Å². The van der Waals surface area contributed by atoms with E-state index in [-0.39, 0.29) is 12.8 Å². The number of carbonyl (C=O) groups is 1. The zero-order valence-electron chi connectivity index (χ0n) is 15.1. The predicted molar refractivity (Wildman–Crippen MR) is 95.5 cm³/mol. The molecule has 0 bridgehead atoms. The molecule has 7 nitrogen and oxygen atoms in total. The van der Waals surface area contributed by atoms with Crippen LogP contribution in [-0.4, -0.2) is 34.6 Å². The van der Waals surface area contributed by atoms with E-state index in [9.17, 15) is 4.79 Å². The quantitative estimate of drug-likeness (QED) is 0.671. The van der Waals surface area contributed by atoms with Crippen LogP contribution in [0.2, 0.25) is 0 Å². The van der Waals surface area contributed by atoms with Crippen LogP contribution in [0.25, 0.3) is 22.3 Å². The number of hydrogen-bond donors (Lipinski definition) is 0. The summed E-state index contributed by atoms with van der Waals surface area (Å²) in [4.78, 5) is 17.2. The Labute approximate surface area is 150 Å². The van der Waals surface area contributed by atoms with E-state index in [1.165, 1.54) is 7.11 Å². The van der Waals surface area contributed by atoms with Gasteiger partial charge in [-0.15, -0.1) is 0 Å². The monoisotopic (exact) mass is 353 g/mol. The number of benzene rings is 1. The number of pyridine rings is 1. The average Bonchev–Trinajstić information content (AvgIpc) is 3.24. The van der Waals surface area contributed by atoms with Gasteiger partial charge in [-0.05, 0) is 45.0 Å². The van der Waals surface area contributed by atoms with Gasteiger partial charge in [-0.1, -0.05) is 0 Å². The average molecular weight is 353 g/mol. The summed E-state index contributed by atoms with van der Waals surface area (Å²) in [6.45, 7) is 6.13. The maximum Gasteiger partial charge on any atom is 0.338 e. The lowest BCUT2D eigenvalue weighted by Crippen LogP contribution is -2.07. The molecule has 0 atom stereocenters. The van der Waals surface area contributed by atoms with E-state index in [1.807, 2.05) is 43.7 Å². The summed E-state index contributed by atoms with van der Waals surface area (Å²) in [6, 6.07) is 7.44. The number of nitrogens with zero attached hydrogens (tertiary/aromatic N) is 3. The Kier molecular flexibility index (Phi) is 3.79. The van der Waals surface area contributed by atoms with Crippen LogP contribution in [0.1, 0.15) is 35.9 Å². The van der Waals surface area contributed by atoms with Crippen molar-refractivity contribution in [2.45, 2.75) is 26.8 Å². The number of aryl methyl sites for hydroxylation is 1. The lowest BCUT2D eigenvalue weighted by Gasteiger charge is -2.10. The molecule has 26 heavy (non-hydrogen) atoms. The molecule has 0 saturated carbocycles. The number of ether oxygens (including phenoxy) is 3. The Hall–Kier alpha value is -3.09. The van der Waals surface area contributed by atoms with E-state index in [2.05, 4.69) is 5.10 Å². The van der Waals surface area contributed by atoms with Crippen LogP contribution in [0.3, 0.4) is 0 Å². The van der Waals surface area contributed by atoms with Gasteiger partial charge in [0.05, 0.1) is 29.4 Å². The second-order valence-electron chi connectivity index (χ2n) is 6.44. The van der Waals surface area contributed by atoms with E-state index >= 15 is 0 Å². The third-order valence-electron chi connectivity index (χ3n) is 4.40. The second-order valence-corrected chi connectivity index (χ2v) is 6.44. The smallest absolute Gasteiger partial charge is 0.338 e. The van der Waals surface area contributed by atoms with Crippen molar-refractivity contribution in [1.29, 1.82) is 0 Å². The third-order valence-corrected chi connectivity index (χ3v) is 4.40. The van der Waals surface area contributed by atoms with Crippen LogP contribution in [-0.2, 0) is 4.74 Å². The summed E-state index contributed by atoms with van der Waals surface area (Å²) >= 11 is 0. The summed E-state index contributed by atoms with van der Waals surface area (Å²) in [5.41, 5.74) is 3.34. The Morgan fingerprint density at radius 3 is 2.73 bits per heavy atom. The topological polar surface area (TPSA) is 75.5 Å². The van der Waals surface area contributed by atoms with Gasteiger partial charge in [-0.3, -0.25) is 0 Å². The van der Waals surface area contributed by atoms with E-state index < -0.39 is 5.97 Å². The van der Waals surface area contributed by atoms with E-state index in [0.29, 0.717) is 28.4 Å². The first-order chi connectivity index (χ1) is 12.5. The summed E-state index contributed by atoms with van der Waals surface area (Å²) in [5.74, 6) is 0.953. The molecule has 1 aliphatic rings. The Balaban J connectivity index is 1.98. The van der Waals surface area contributed by atoms with Crippen molar-refractivity contribution in [1.82, 2.24) is 14.8 Å². The van der Waals surface area contributed by atoms with Crippen LogP contribution in [0, 0.1) is 6.92 Å². The van der Waals surface area contributed by atoms with Gasteiger partial charge in [-0.2, -0.15) is 5.10 Å². The zero-order chi connectivity index (χ0) is 18.4. The van der Waals surface area contributed by atoms with Gasteiger partial charge >= 0.3 is 5.97 Å². The molecule has 1 aromatic carbocycles. The number of carbonyl (C=O) groups excluding carboxylic acids is 1. The highest BCUT2D eigenvalue weighted by atomic mass is 16.7. The van der Waals surface area contributed by atoms with Crippen molar-refractivity contribution in [3.05, 3.63) is 35.5 Å². The summed E-state index contributed by atoms with van der Waals surface area (Å²) in [5, 5.41) is 5.28. The summed E-state index contributed by atoms with van der Waals surface area (Å²) < 4.78 is 17.6. The largest absolute Gasteiger partial charge is 0.465 e. The van der Waals surface area contributed by atoms with Gasteiger partial charge < -0.3 is 14.2 Å². The van der Waals surface area contributed by atoms with Gasteiger partial charge in [0.1, 0.15) is 0 Å². The standard InChI is InChI=1S/C19H19N3O4/c1-10(2)22-18-17(11(3)21-22)13(19(23)24-4)8-14(20-18)12-5-6-15-16(7-12)26-9-25-15/h5-8,10H,9H2,1-4H3. The molecule has 3 heterocycles. The molecule has 3 aromatic rings. The number of methoxy groups -OCH3 is 1. The molecule has 7 heteroatoms. The number of esters is 1. The minimum Gasteiger partial charge on any atom is -0.465 e. The minimum atomic E-state index is -0.411. The van der Waals surface area contributed by atoms with E-state index in [4.69, 9.17) is 19.2 Å². The first-order valence-corrected chi connectivity index (χ1v) is 8.37. The molecule has 0 N–H and O–H groups in total. The summed E-state index contributed by atoms with van der Waals surface area (Å²) in [7, 11) is 1.37. The molecule has 0 saturated heterocycles. The highest BCUT2D eigenvalue weighted by molar-refractivity contribution is 6.05. The van der Waals surface area contributed by atoms with E-state index in [1.54, 1.807) is 6.07 Å². The lowest BCUT2D eigenvalue weighted by atomic mass is 10.0. The van der Waals surface area contributed by atoms with Crippen LogP contribution < -0.4 is 9.47 Å². The van der Waals surface area contributed by atoms with Gasteiger partial charge in [0.25, 0.3) is 0 Å². The van der Waals surface area contributed by atoms with Crippen LogP contribution in [0.15, 0.2) is 24.3 Å². The Morgan fingerprint density at radius 2 is 2.00 bits per heavy atom. The van der Waals surface area contributed by atoms with Crippen molar-refractivity contribution in [3.8, 4) is 22.8 Å². The third kappa shape index (κ3) is 2.47. The van der Waals surface area contributed by atoms with Gasteiger partial charge in [0.15, 0.2) is 17.1 Å². The molecule has 4 rings (SSSR count). The number of rotatable bonds is 3. The molecule has 0 amide bonds. The molecular formula is C19H19N3O4. The lowest BCUT2D eigenvalue weighted by molar-refractivity contribution is 0.0603. The van der Waals surface area contributed by atoms with Crippen molar-refractivity contribution in [3.63, 3.8) is 0 Å².